The Labute approximate surface area is 145 Å². The van der Waals surface area contributed by atoms with E-state index in [9.17, 15) is 0 Å². The topological polar surface area (TPSA) is 0 Å². The first-order valence-corrected chi connectivity index (χ1v) is 12.8. The predicted molar refractivity (Wildman–Crippen MR) is 112 cm³/mol. The summed E-state index contributed by atoms with van der Waals surface area (Å²) in [4.78, 5) is 0. The molecule has 0 radical (unpaired) electrons. The van der Waals surface area contributed by atoms with E-state index in [1.54, 1.807) is 0 Å². The zero-order chi connectivity index (χ0) is 18.0. The van der Waals surface area contributed by atoms with E-state index in [4.69, 9.17) is 0 Å². The third-order valence-electron chi connectivity index (χ3n) is 4.76. The summed E-state index contributed by atoms with van der Waals surface area (Å²) in [7, 11) is 0.231. The largest absolute Gasteiger partial charge is 0.104 e. The molecule has 22 heavy (non-hydrogen) atoms. The predicted octanol–water partition coefficient (Wildman–Crippen LogP) is 7.64. The Hall–Kier alpha value is 0.860. The normalized spacial score (nSPS) is 17.5. The molecule has 0 fully saturated rings. The van der Waals surface area contributed by atoms with Crippen LogP contribution < -0.4 is 0 Å². The van der Waals surface area contributed by atoms with Crippen molar-refractivity contribution in [3.05, 3.63) is 0 Å². The minimum absolute atomic E-state index is 0.115. The lowest BCUT2D eigenvalue weighted by atomic mass is 9.86. The van der Waals surface area contributed by atoms with Crippen molar-refractivity contribution in [1.29, 1.82) is 0 Å². The molecule has 0 aromatic carbocycles. The van der Waals surface area contributed by atoms with Gasteiger partial charge in [0.1, 0.15) is 0 Å². The molecule has 0 rings (SSSR count). The molecule has 0 spiro atoms. The molecule has 0 bridgehead atoms. The summed E-state index contributed by atoms with van der Waals surface area (Å²) in [5.41, 5.74) is 0.894. The first-order chi connectivity index (χ1) is 9.46. The minimum Gasteiger partial charge on any atom is -0.104 e. The smallest absolute Gasteiger partial charge is 0.0148 e. The zero-order valence-corrected chi connectivity index (χ0v) is 19.5. The highest BCUT2D eigenvalue weighted by atomic mass is 31.1. The van der Waals surface area contributed by atoms with Crippen molar-refractivity contribution in [2.45, 2.75) is 92.4 Å². The lowest BCUT2D eigenvalue weighted by Crippen LogP contribution is -2.28. The molecule has 0 aromatic rings. The molecule has 0 heterocycles. The van der Waals surface area contributed by atoms with Crippen molar-refractivity contribution in [1.82, 2.24) is 0 Å². The Morgan fingerprint density at radius 3 is 0.909 bits per heavy atom. The van der Waals surface area contributed by atoms with Gasteiger partial charge in [0.05, 0.1) is 0 Å². The second-order valence-corrected chi connectivity index (χ2v) is 17.1. The van der Waals surface area contributed by atoms with Crippen LogP contribution in [-0.4, -0.2) is 36.0 Å². The van der Waals surface area contributed by atoms with Crippen molar-refractivity contribution in [3.63, 3.8) is 0 Å². The fourth-order valence-corrected chi connectivity index (χ4v) is 8.87. The summed E-state index contributed by atoms with van der Waals surface area (Å²) in [5.74, 6) is 0. The lowest BCUT2D eigenvalue weighted by molar-refractivity contribution is 0.335. The van der Waals surface area contributed by atoms with Crippen LogP contribution in [0.5, 0.6) is 0 Å². The average molecular weight is 347 g/mol. The highest BCUT2D eigenvalue weighted by Gasteiger charge is 2.33. The van der Waals surface area contributed by atoms with E-state index in [1.807, 2.05) is 0 Å². The van der Waals surface area contributed by atoms with Crippen molar-refractivity contribution < 1.29 is 0 Å². The van der Waals surface area contributed by atoms with Crippen LogP contribution in [0.4, 0.5) is 0 Å². The Morgan fingerprint density at radius 2 is 0.727 bits per heavy atom. The maximum atomic E-state index is 2.54. The van der Waals surface area contributed by atoms with Crippen molar-refractivity contribution in [3.8, 4) is 0 Å². The number of hydrogen-bond donors (Lipinski definition) is 0. The number of rotatable bonds is 7. The molecule has 134 valence electrons. The van der Waals surface area contributed by atoms with Crippen LogP contribution in [0.25, 0.3) is 0 Å². The molecule has 0 saturated carbocycles. The minimum atomic E-state index is 0.115. The Morgan fingerprint density at radius 1 is 0.500 bits per heavy atom. The summed E-state index contributed by atoms with van der Waals surface area (Å²) < 4.78 is 0. The van der Waals surface area contributed by atoms with Gasteiger partial charge in [-0.05, 0) is 59.6 Å². The van der Waals surface area contributed by atoms with Gasteiger partial charge in [-0.1, -0.05) is 69.2 Å². The molecule has 2 atom stereocenters. The van der Waals surface area contributed by atoms with Gasteiger partial charge in [0.15, 0.2) is 0 Å². The van der Waals surface area contributed by atoms with Gasteiger partial charge in [0.25, 0.3) is 0 Å². The maximum Gasteiger partial charge on any atom is -0.0148 e. The van der Waals surface area contributed by atoms with Gasteiger partial charge < -0.3 is 0 Å². The molecule has 0 aliphatic heterocycles. The fraction of sp³-hybridized carbons (Fsp3) is 1.00. The molecular weight excluding hydrogens is 302 g/mol. The first-order valence-electron chi connectivity index (χ1n) is 8.89. The van der Waals surface area contributed by atoms with Crippen LogP contribution in [-0.2, 0) is 0 Å². The van der Waals surface area contributed by atoms with Crippen LogP contribution in [0.2, 0.25) is 0 Å². The Kier molecular flexibility index (Phi) is 8.13. The molecule has 0 aromatic heterocycles. The SMILES string of the molecule is CP(CC[P@](C)C(C)(C)CC(C)(C)C)C(C)(C)CC(C)(C)C. The molecule has 0 N–H and O–H groups in total. The van der Waals surface area contributed by atoms with Crippen molar-refractivity contribution in [2.24, 2.45) is 10.8 Å². The summed E-state index contributed by atoms with van der Waals surface area (Å²) in [6.07, 6.45) is 5.59. The van der Waals surface area contributed by atoms with Crippen molar-refractivity contribution >= 4 is 15.8 Å². The first kappa shape index (κ1) is 22.9. The summed E-state index contributed by atoms with van der Waals surface area (Å²) in [6.45, 7) is 29.4. The number of hydrogen-bond acceptors (Lipinski definition) is 0. The highest BCUT2D eigenvalue weighted by molar-refractivity contribution is 7.62. The molecular formula is C20H44P2. The van der Waals surface area contributed by atoms with Gasteiger partial charge >= 0.3 is 0 Å². The van der Waals surface area contributed by atoms with Gasteiger partial charge in [-0.2, -0.15) is 0 Å². The second kappa shape index (κ2) is 7.83. The van der Waals surface area contributed by atoms with Gasteiger partial charge in [0.2, 0.25) is 0 Å². The van der Waals surface area contributed by atoms with E-state index in [2.05, 4.69) is 82.6 Å². The quantitative estimate of drug-likeness (QED) is 0.415. The van der Waals surface area contributed by atoms with Crippen LogP contribution in [0.15, 0.2) is 0 Å². The molecule has 0 amide bonds. The van der Waals surface area contributed by atoms with Gasteiger partial charge in [-0.25, -0.2) is 0 Å². The molecule has 0 aliphatic carbocycles. The van der Waals surface area contributed by atoms with Crippen LogP contribution in [0.3, 0.4) is 0 Å². The van der Waals surface area contributed by atoms with Crippen molar-refractivity contribution in [2.75, 3.05) is 25.7 Å². The van der Waals surface area contributed by atoms with Gasteiger partial charge in [0, 0.05) is 0 Å². The second-order valence-electron chi connectivity index (χ2n) is 10.9. The summed E-state index contributed by atoms with van der Waals surface area (Å²) >= 11 is 0. The van der Waals surface area contributed by atoms with E-state index >= 15 is 0 Å². The van der Waals surface area contributed by atoms with E-state index in [0.717, 1.165) is 0 Å². The highest BCUT2D eigenvalue weighted by Crippen LogP contribution is 2.57. The Bertz CT molecular complexity index is 295. The fourth-order valence-electron chi connectivity index (χ4n) is 3.77. The standard InChI is InChI=1S/C20H44P2/c1-17(2,3)15-19(7,8)21(11)13-14-22(12)20(9,10)16-18(4,5)6/h13-16H2,1-12H3/t21-,22?/m0/s1. The third kappa shape index (κ3) is 9.23. The molecule has 0 nitrogen and oxygen atoms in total. The molecule has 2 heteroatoms. The lowest BCUT2D eigenvalue weighted by Gasteiger charge is -2.41. The van der Waals surface area contributed by atoms with Crippen LogP contribution >= 0.6 is 15.8 Å². The van der Waals surface area contributed by atoms with E-state index in [-0.39, 0.29) is 15.8 Å². The van der Waals surface area contributed by atoms with E-state index in [1.165, 1.54) is 25.2 Å². The molecule has 0 aliphatic rings. The molecule has 0 saturated heterocycles. The molecule has 1 unspecified atom stereocenters. The van der Waals surface area contributed by atoms with E-state index < -0.39 is 0 Å². The Balaban J connectivity index is 4.60. The zero-order valence-electron chi connectivity index (χ0n) is 17.7. The van der Waals surface area contributed by atoms with E-state index in [0.29, 0.717) is 21.1 Å². The summed E-state index contributed by atoms with van der Waals surface area (Å²) in [5, 5.41) is 1.02. The van der Waals surface area contributed by atoms with Gasteiger partial charge in [-0.15, -0.1) is 15.8 Å². The van der Waals surface area contributed by atoms with Crippen LogP contribution in [0, 0.1) is 10.8 Å². The monoisotopic (exact) mass is 346 g/mol. The maximum absolute atomic E-state index is 2.54. The summed E-state index contributed by atoms with van der Waals surface area (Å²) in [6, 6.07) is 0. The van der Waals surface area contributed by atoms with Crippen LogP contribution in [0.1, 0.15) is 82.1 Å². The average Bonchev–Trinajstić information content (AvgIpc) is 2.17. The van der Waals surface area contributed by atoms with Gasteiger partial charge in [-0.3, -0.25) is 0 Å². The third-order valence-corrected chi connectivity index (χ3v) is 11.4.